The summed E-state index contributed by atoms with van der Waals surface area (Å²) in [5.41, 5.74) is -0.0372. The monoisotopic (exact) mass is 380 g/mol. The third-order valence-corrected chi connectivity index (χ3v) is 2.83. The molecule has 0 fully saturated rings. The van der Waals surface area contributed by atoms with Crippen LogP contribution in [0.4, 0.5) is 5.69 Å². The molecule has 0 aromatic heterocycles. The van der Waals surface area contributed by atoms with E-state index < -0.39 is 38.4 Å². The first-order chi connectivity index (χ1) is 12.8. The Morgan fingerprint density at radius 2 is 1.30 bits per heavy atom. The normalized spacial score (nSPS) is 9.78. The van der Waals surface area contributed by atoms with E-state index in [1.807, 2.05) is 0 Å². The second-order valence-corrected chi connectivity index (χ2v) is 4.57. The van der Waals surface area contributed by atoms with Gasteiger partial charge in [0.15, 0.2) is 17.2 Å². The van der Waals surface area contributed by atoms with Gasteiger partial charge < -0.3 is 5.32 Å². The van der Waals surface area contributed by atoms with Gasteiger partial charge in [-0.15, -0.1) is 30.3 Å². The quantitative estimate of drug-likeness (QED) is 0.521. The molecule has 2 aromatic rings. The number of hydrogen-bond acceptors (Lipinski definition) is 10. The highest BCUT2D eigenvalue weighted by Gasteiger charge is 2.23. The molecule has 0 spiro atoms. The fraction of sp³-hybridized carbons (Fsp3) is 0. The number of hydrogen-bond donors (Lipinski definition) is 1. The van der Waals surface area contributed by atoms with Crippen molar-refractivity contribution in [1.29, 1.82) is 0 Å². The molecule has 0 aliphatic heterocycles. The molecule has 14 heteroatoms. The van der Waals surface area contributed by atoms with Crippen LogP contribution in [0, 0.1) is 30.3 Å². The van der Waals surface area contributed by atoms with Gasteiger partial charge in [0.1, 0.15) is 0 Å². The van der Waals surface area contributed by atoms with Crippen molar-refractivity contribution >= 4 is 11.6 Å². The predicted molar refractivity (Wildman–Crippen MR) is 83.7 cm³/mol. The Kier molecular flexibility index (Phi) is 5.62. The molecule has 1 amide bonds. The zero-order valence-corrected chi connectivity index (χ0v) is 13.0. The Labute approximate surface area is 148 Å². The molecule has 140 valence electrons. The van der Waals surface area contributed by atoms with Crippen molar-refractivity contribution in [3.63, 3.8) is 0 Å². The highest BCUT2D eigenvalue weighted by atomic mass is 17.0. The van der Waals surface area contributed by atoms with Crippen molar-refractivity contribution in [2.75, 3.05) is 5.32 Å². The maximum absolute atomic E-state index is 12.3. The average molecular weight is 380 g/mol. The molecule has 0 bridgehead atoms. The highest BCUT2D eigenvalue weighted by molar-refractivity contribution is 6.05. The maximum Gasteiger partial charge on any atom is 0.299 e. The van der Waals surface area contributed by atoms with Crippen LogP contribution in [0.2, 0.25) is 0 Å². The highest BCUT2D eigenvalue weighted by Crippen LogP contribution is 2.39. The number of carbonyl (C=O) groups excluding carboxylic acids is 1. The third-order valence-electron chi connectivity index (χ3n) is 2.83. The van der Waals surface area contributed by atoms with Crippen LogP contribution < -0.4 is 19.8 Å². The van der Waals surface area contributed by atoms with Crippen LogP contribution >= 0.6 is 0 Å². The van der Waals surface area contributed by atoms with Crippen LogP contribution in [0.3, 0.4) is 0 Å². The lowest BCUT2D eigenvalue weighted by Gasteiger charge is -2.12. The summed E-state index contributed by atoms with van der Waals surface area (Å²) in [6.45, 7) is 0. The average Bonchev–Trinajstić information content (AvgIpc) is 2.57. The second kappa shape index (κ2) is 8.06. The molecule has 1 N–H and O–H groups in total. The summed E-state index contributed by atoms with van der Waals surface area (Å²) in [7, 11) is 0. The van der Waals surface area contributed by atoms with Gasteiger partial charge in [-0.2, -0.15) is 0 Å². The lowest BCUT2D eigenvalue weighted by molar-refractivity contribution is -0.727. The van der Waals surface area contributed by atoms with Crippen molar-refractivity contribution in [3.05, 3.63) is 78.4 Å². The minimum atomic E-state index is -1.39. The van der Waals surface area contributed by atoms with Crippen molar-refractivity contribution in [1.82, 2.24) is 0 Å². The fourth-order valence-electron chi connectivity index (χ4n) is 1.89. The maximum atomic E-state index is 12.3. The summed E-state index contributed by atoms with van der Waals surface area (Å²) in [4.78, 5) is 56.3. The Hall–Kier alpha value is -4.49. The van der Waals surface area contributed by atoms with Crippen molar-refractivity contribution in [2.24, 2.45) is 0 Å². The minimum Gasteiger partial charge on any atom is -0.322 e. The van der Waals surface area contributed by atoms with E-state index in [4.69, 9.17) is 0 Å². The van der Waals surface area contributed by atoms with E-state index >= 15 is 0 Å². The lowest BCUT2D eigenvalue weighted by Crippen LogP contribution is -2.16. The molecule has 0 saturated carbocycles. The van der Waals surface area contributed by atoms with Crippen molar-refractivity contribution < 1.29 is 34.6 Å². The molecule has 2 rings (SSSR count). The molecule has 0 radical (unpaired) electrons. The summed E-state index contributed by atoms with van der Waals surface area (Å²) in [6, 6.07) is 9.44. The van der Waals surface area contributed by atoms with Crippen molar-refractivity contribution in [3.8, 4) is 17.2 Å². The van der Waals surface area contributed by atoms with Crippen LogP contribution in [0.15, 0.2) is 42.5 Å². The topological polar surface area (TPSA) is 186 Å². The fourth-order valence-corrected chi connectivity index (χ4v) is 1.89. The summed E-state index contributed by atoms with van der Waals surface area (Å²) in [6.07, 6.45) is 0. The van der Waals surface area contributed by atoms with E-state index in [1.165, 1.54) is 12.1 Å². The first-order valence-electron chi connectivity index (χ1n) is 6.78. The summed E-state index contributed by atoms with van der Waals surface area (Å²) in [5, 5.41) is 30.1. The van der Waals surface area contributed by atoms with Gasteiger partial charge in [-0.05, 0) is 24.3 Å². The SMILES string of the molecule is O=C(Nc1ccccc1)c1cc(O[N+](=O)[O-])c(O[N+](=O)[O-])c(O[N+](=O)[O-])c1. The van der Waals surface area contributed by atoms with Crippen LogP contribution in [0.1, 0.15) is 10.4 Å². The van der Waals surface area contributed by atoms with Gasteiger partial charge in [0.05, 0.1) is 0 Å². The molecule has 27 heavy (non-hydrogen) atoms. The van der Waals surface area contributed by atoms with Gasteiger partial charge in [0.25, 0.3) is 21.2 Å². The number of anilines is 1. The van der Waals surface area contributed by atoms with Crippen LogP contribution in [0.5, 0.6) is 17.2 Å². The number of nitrogens with one attached hydrogen (secondary N) is 1. The number of benzene rings is 2. The minimum absolute atomic E-state index is 0.349. The molecule has 0 heterocycles. The van der Waals surface area contributed by atoms with E-state index in [0.717, 1.165) is 12.1 Å². The number of para-hydroxylation sites is 1. The van der Waals surface area contributed by atoms with Crippen LogP contribution in [-0.4, -0.2) is 21.2 Å². The smallest absolute Gasteiger partial charge is 0.299 e. The first-order valence-corrected chi connectivity index (χ1v) is 6.78. The van der Waals surface area contributed by atoms with E-state index in [9.17, 15) is 35.1 Å². The molecule has 0 aliphatic rings. The number of rotatable bonds is 8. The zero-order chi connectivity index (χ0) is 20.0. The molecular weight excluding hydrogens is 372 g/mol. The van der Waals surface area contributed by atoms with Gasteiger partial charge in [0, 0.05) is 11.3 Å². The summed E-state index contributed by atoms with van der Waals surface area (Å²) < 4.78 is 0. The van der Waals surface area contributed by atoms with Gasteiger partial charge in [-0.25, -0.2) is 0 Å². The van der Waals surface area contributed by atoms with E-state index in [-0.39, 0.29) is 5.56 Å². The molecular formula is C13H8N4O10. The zero-order valence-electron chi connectivity index (χ0n) is 13.0. The molecule has 0 saturated heterocycles. The van der Waals surface area contributed by atoms with E-state index in [0.29, 0.717) is 5.69 Å². The van der Waals surface area contributed by atoms with Gasteiger partial charge in [-0.1, -0.05) is 18.2 Å². The Balaban J connectivity index is 2.50. The van der Waals surface area contributed by atoms with Crippen LogP contribution in [0.25, 0.3) is 0 Å². The number of nitrogens with zero attached hydrogens (tertiary/aromatic N) is 3. The van der Waals surface area contributed by atoms with Gasteiger partial charge in [0.2, 0.25) is 0 Å². The van der Waals surface area contributed by atoms with Crippen molar-refractivity contribution in [2.45, 2.75) is 0 Å². The van der Waals surface area contributed by atoms with E-state index in [2.05, 4.69) is 19.8 Å². The second-order valence-electron chi connectivity index (χ2n) is 4.57. The Morgan fingerprint density at radius 3 is 1.74 bits per heavy atom. The van der Waals surface area contributed by atoms with Gasteiger partial charge >= 0.3 is 0 Å². The molecule has 14 nitrogen and oxygen atoms in total. The molecule has 0 unspecified atom stereocenters. The lowest BCUT2D eigenvalue weighted by atomic mass is 10.1. The third kappa shape index (κ3) is 5.24. The number of carbonyl (C=O) groups is 1. The van der Waals surface area contributed by atoms with Gasteiger partial charge in [-0.3, -0.25) is 19.3 Å². The summed E-state index contributed by atoms with van der Waals surface area (Å²) >= 11 is 0. The van der Waals surface area contributed by atoms with Crippen LogP contribution in [-0.2, 0) is 0 Å². The predicted octanol–water partition coefficient (Wildman–Crippen LogP) is 1.65. The molecule has 0 atom stereocenters. The standard InChI is InChI=1S/C13H8N4O10/c18-13(14-9-4-2-1-3-5-9)8-6-10(25-15(19)20)12(27-17(23)24)11(7-8)26-16(21)22/h1-7H,(H,14,18). The Morgan fingerprint density at radius 1 is 0.815 bits per heavy atom. The largest absolute Gasteiger partial charge is 0.322 e. The number of amides is 1. The molecule has 0 aliphatic carbocycles. The van der Waals surface area contributed by atoms with E-state index in [1.54, 1.807) is 18.2 Å². The summed E-state index contributed by atoms with van der Waals surface area (Å²) in [5.74, 6) is -3.82. The first kappa shape index (κ1) is 18.8. The Bertz CT molecular complexity index is 864. The molecule has 2 aromatic carbocycles.